The van der Waals surface area contributed by atoms with Gasteiger partial charge in [-0.25, -0.2) is 0 Å². The maximum absolute atomic E-state index is 11.2. The zero-order valence-corrected chi connectivity index (χ0v) is 17.6. The first-order chi connectivity index (χ1) is 14.6. The van der Waals surface area contributed by atoms with Crippen LogP contribution in [0.2, 0.25) is 0 Å². The van der Waals surface area contributed by atoms with Crippen LogP contribution in [0.3, 0.4) is 0 Å². The Hall–Kier alpha value is -3.18. The van der Waals surface area contributed by atoms with Crippen molar-refractivity contribution in [3.8, 4) is 5.75 Å². The highest BCUT2D eigenvalue weighted by molar-refractivity contribution is 6.18. The van der Waals surface area contributed by atoms with E-state index in [9.17, 15) is 4.79 Å². The van der Waals surface area contributed by atoms with Gasteiger partial charge in [0, 0.05) is 22.9 Å². The van der Waals surface area contributed by atoms with Crippen molar-refractivity contribution in [3.63, 3.8) is 0 Å². The van der Waals surface area contributed by atoms with Gasteiger partial charge in [-0.05, 0) is 62.0 Å². The van der Waals surface area contributed by atoms with Gasteiger partial charge in [-0.1, -0.05) is 36.4 Å². The summed E-state index contributed by atoms with van der Waals surface area (Å²) in [6.45, 7) is 1.24. The van der Waals surface area contributed by atoms with Gasteiger partial charge < -0.3 is 15.8 Å². The number of anilines is 1. The molecule has 0 bridgehead atoms. The standard InChI is InChI=1S/C20H18N2O2.C5H11N/c1-24-19-11-18(21)17(10-16(19)12-23)20(22)15-8-4-7-13-5-2-3-6-14(13)9-15;1-6-4-5-2-3-5/h2-6,8-12,22H,7,21H2,1H3;5-6H,2-4H2,1H3. The van der Waals surface area contributed by atoms with Gasteiger partial charge in [0.15, 0.2) is 6.29 Å². The Morgan fingerprint density at radius 2 is 2.07 bits per heavy atom. The quantitative estimate of drug-likeness (QED) is 0.382. The number of allylic oxidation sites excluding steroid dienone is 3. The number of fused-ring (bicyclic) bond motifs is 1. The number of hydrogen-bond donors (Lipinski definition) is 3. The number of rotatable bonds is 6. The molecule has 0 unspecified atom stereocenters. The molecule has 2 aliphatic rings. The van der Waals surface area contributed by atoms with Crippen LogP contribution in [-0.4, -0.2) is 32.7 Å². The van der Waals surface area contributed by atoms with Crippen molar-refractivity contribution >= 4 is 23.8 Å². The molecule has 156 valence electrons. The lowest BCUT2D eigenvalue weighted by Gasteiger charge is -2.12. The molecule has 30 heavy (non-hydrogen) atoms. The van der Waals surface area contributed by atoms with Crippen LogP contribution in [0.15, 0.2) is 54.1 Å². The minimum atomic E-state index is 0.284. The maximum Gasteiger partial charge on any atom is 0.153 e. The molecular formula is C25H29N3O2. The minimum Gasteiger partial charge on any atom is -0.496 e. The van der Waals surface area contributed by atoms with Crippen molar-refractivity contribution in [2.75, 3.05) is 26.4 Å². The van der Waals surface area contributed by atoms with E-state index in [1.165, 1.54) is 32.1 Å². The van der Waals surface area contributed by atoms with E-state index >= 15 is 0 Å². The second-order valence-corrected chi connectivity index (χ2v) is 7.58. The predicted molar refractivity (Wildman–Crippen MR) is 124 cm³/mol. The summed E-state index contributed by atoms with van der Waals surface area (Å²) >= 11 is 0. The molecule has 5 heteroatoms. The van der Waals surface area contributed by atoms with Gasteiger partial charge in [-0.2, -0.15) is 0 Å². The number of benzene rings is 2. The summed E-state index contributed by atoms with van der Waals surface area (Å²) in [5, 5.41) is 11.7. The van der Waals surface area contributed by atoms with Crippen LogP contribution in [0.25, 0.3) is 6.08 Å². The Morgan fingerprint density at radius 3 is 2.70 bits per heavy atom. The summed E-state index contributed by atoms with van der Waals surface area (Å²) in [5.41, 5.74) is 10.7. The molecule has 0 aromatic heterocycles. The molecule has 2 aliphatic carbocycles. The van der Waals surface area contributed by atoms with Crippen LogP contribution in [0.1, 0.15) is 39.9 Å². The summed E-state index contributed by atoms with van der Waals surface area (Å²) in [6, 6.07) is 11.3. The van der Waals surface area contributed by atoms with E-state index in [4.69, 9.17) is 15.9 Å². The lowest BCUT2D eigenvalue weighted by Crippen LogP contribution is -2.08. The predicted octanol–water partition coefficient (Wildman–Crippen LogP) is 4.27. The molecule has 0 amide bonds. The van der Waals surface area contributed by atoms with Crippen LogP contribution in [0.4, 0.5) is 5.69 Å². The number of nitrogens with one attached hydrogen (secondary N) is 2. The topological polar surface area (TPSA) is 88.2 Å². The Morgan fingerprint density at radius 1 is 1.30 bits per heavy atom. The molecule has 2 aromatic rings. The first-order valence-corrected chi connectivity index (χ1v) is 10.2. The fourth-order valence-corrected chi connectivity index (χ4v) is 3.41. The van der Waals surface area contributed by atoms with E-state index in [2.05, 4.69) is 11.4 Å². The van der Waals surface area contributed by atoms with Gasteiger partial charge >= 0.3 is 0 Å². The molecule has 0 aliphatic heterocycles. The second kappa shape index (κ2) is 10.0. The molecule has 0 atom stereocenters. The zero-order valence-electron chi connectivity index (χ0n) is 17.6. The average molecular weight is 404 g/mol. The SMILES string of the molecule is CNCC1CC1.COc1cc(N)c(C(=N)C2=Cc3ccccc3CC=C2)cc1C=O. The number of hydrogen-bond acceptors (Lipinski definition) is 5. The third-order valence-electron chi connectivity index (χ3n) is 5.28. The van der Waals surface area contributed by atoms with Crippen molar-refractivity contribution < 1.29 is 9.53 Å². The van der Waals surface area contributed by atoms with Crippen molar-refractivity contribution in [2.24, 2.45) is 5.92 Å². The molecule has 0 saturated heterocycles. The van der Waals surface area contributed by atoms with Crippen LogP contribution in [-0.2, 0) is 6.42 Å². The number of carbonyl (C=O) groups is 1. The van der Waals surface area contributed by atoms with Gasteiger partial charge in [0.25, 0.3) is 0 Å². The molecule has 1 saturated carbocycles. The van der Waals surface area contributed by atoms with Gasteiger partial charge in [0.05, 0.1) is 18.4 Å². The number of methoxy groups -OCH3 is 1. The van der Waals surface area contributed by atoms with Crippen LogP contribution >= 0.6 is 0 Å². The largest absolute Gasteiger partial charge is 0.496 e. The van der Waals surface area contributed by atoms with Crippen LogP contribution < -0.4 is 15.8 Å². The van der Waals surface area contributed by atoms with Crippen molar-refractivity contribution in [1.82, 2.24) is 5.32 Å². The van der Waals surface area contributed by atoms with Crippen molar-refractivity contribution in [3.05, 3.63) is 76.4 Å². The normalized spacial score (nSPS) is 14.5. The summed E-state index contributed by atoms with van der Waals surface area (Å²) < 4.78 is 5.15. The van der Waals surface area contributed by atoms with E-state index in [1.807, 2.05) is 43.5 Å². The lowest BCUT2D eigenvalue weighted by atomic mass is 9.97. The number of nitrogens with two attached hydrogens (primary N) is 1. The Kier molecular flexibility index (Phi) is 7.20. The van der Waals surface area contributed by atoms with Gasteiger partial charge in [0.1, 0.15) is 5.75 Å². The van der Waals surface area contributed by atoms with E-state index in [0.29, 0.717) is 28.8 Å². The lowest BCUT2D eigenvalue weighted by molar-refractivity contribution is 0.112. The van der Waals surface area contributed by atoms with E-state index in [-0.39, 0.29) is 5.71 Å². The summed E-state index contributed by atoms with van der Waals surface area (Å²) in [4.78, 5) is 11.2. The Labute approximate surface area is 178 Å². The average Bonchev–Trinajstić information content (AvgIpc) is 3.60. The van der Waals surface area contributed by atoms with Crippen LogP contribution in [0.5, 0.6) is 5.75 Å². The van der Waals surface area contributed by atoms with E-state index in [0.717, 1.165) is 23.5 Å². The van der Waals surface area contributed by atoms with Gasteiger partial charge in [0.2, 0.25) is 0 Å². The molecule has 4 rings (SSSR count). The number of aldehydes is 1. The first-order valence-electron chi connectivity index (χ1n) is 10.2. The first kappa shape index (κ1) is 21.5. The third-order valence-corrected chi connectivity index (χ3v) is 5.28. The summed E-state index contributed by atoms with van der Waals surface area (Å²) in [5.74, 6) is 1.45. The fourth-order valence-electron chi connectivity index (χ4n) is 3.41. The molecule has 1 fully saturated rings. The monoisotopic (exact) mass is 403 g/mol. The summed E-state index contributed by atoms with van der Waals surface area (Å²) in [7, 11) is 3.50. The Balaban J connectivity index is 0.000000367. The van der Waals surface area contributed by atoms with Gasteiger partial charge in [-0.3, -0.25) is 10.2 Å². The highest BCUT2D eigenvalue weighted by Gasteiger charge is 2.19. The number of carbonyl (C=O) groups excluding carboxylic acids is 1. The van der Waals surface area contributed by atoms with E-state index < -0.39 is 0 Å². The van der Waals surface area contributed by atoms with Gasteiger partial charge in [-0.15, -0.1) is 0 Å². The smallest absolute Gasteiger partial charge is 0.153 e. The molecular weight excluding hydrogens is 374 g/mol. The van der Waals surface area contributed by atoms with E-state index in [1.54, 1.807) is 12.1 Å². The van der Waals surface area contributed by atoms with Crippen molar-refractivity contribution in [2.45, 2.75) is 19.3 Å². The molecule has 2 aromatic carbocycles. The molecule has 5 nitrogen and oxygen atoms in total. The maximum atomic E-state index is 11.2. The molecule has 4 N–H and O–H groups in total. The Bertz CT molecular complexity index is 988. The second-order valence-electron chi connectivity index (χ2n) is 7.58. The number of nitrogen functional groups attached to an aromatic ring is 1. The molecule has 0 heterocycles. The minimum absolute atomic E-state index is 0.284. The summed E-state index contributed by atoms with van der Waals surface area (Å²) in [6.07, 6.45) is 10.4. The number of ether oxygens (including phenoxy) is 1. The highest BCUT2D eigenvalue weighted by atomic mass is 16.5. The van der Waals surface area contributed by atoms with Crippen molar-refractivity contribution in [1.29, 1.82) is 5.41 Å². The fraction of sp³-hybridized carbons (Fsp3) is 0.280. The van der Waals surface area contributed by atoms with Crippen LogP contribution in [0, 0.1) is 11.3 Å². The molecule has 0 spiro atoms. The highest BCUT2D eigenvalue weighted by Crippen LogP contribution is 2.28. The third kappa shape index (κ3) is 5.24. The molecule has 0 radical (unpaired) electrons. The zero-order chi connectivity index (χ0) is 21.5.